The van der Waals surface area contributed by atoms with E-state index in [0.29, 0.717) is 25.4 Å². The van der Waals surface area contributed by atoms with E-state index < -0.39 is 23.7 Å². The number of rotatable bonds is 8. The number of hydrogen-bond donors (Lipinski definition) is 3. The summed E-state index contributed by atoms with van der Waals surface area (Å²) in [5.41, 5.74) is 2.62. The van der Waals surface area contributed by atoms with Gasteiger partial charge in [-0.2, -0.15) is 5.10 Å². The lowest BCUT2D eigenvalue weighted by Gasteiger charge is -2.26. The van der Waals surface area contributed by atoms with E-state index in [2.05, 4.69) is 15.7 Å². The first-order chi connectivity index (χ1) is 14.3. The van der Waals surface area contributed by atoms with Crippen LogP contribution in [-0.2, 0) is 20.9 Å². The number of anilines is 1. The van der Waals surface area contributed by atoms with E-state index in [1.807, 2.05) is 20.8 Å². The number of aromatic nitrogens is 2. The van der Waals surface area contributed by atoms with Crippen LogP contribution in [0.4, 0.5) is 5.69 Å². The Hall–Kier alpha value is -2.68. The van der Waals surface area contributed by atoms with E-state index in [1.165, 1.54) is 0 Å². The Bertz CT molecular complexity index is 871. The maximum absolute atomic E-state index is 13.2. The third-order valence-electron chi connectivity index (χ3n) is 6.16. The van der Waals surface area contributed by atoms with Gasteiger partial charge >= 0.3 is 5.97 Å². The Morgan fingerprint density at radius 2 is 1.90 bits per heavy atom. The number of amides is 2. The number of carboxylic acids is 1. The molecule has 2 saturated carbocycles. The second-order valence-corrected chi connectivity index (χ2v) is 8.12. The van der Waals surface area contributed by atoms with Gasteiger partial charge in [-0.1, -0.05) is 11.1 Å². The molecule has 2 aliphatic rings. The Labute approximate surface area is 175 Å². The molecule has 1 aromatic heterocycles. The summed E-state index contributed by atoms with van der Waals surface area (Å²) in [5.74, 6) is -3.28. The second-order valence-electron chi connectivity index (χ2n) is 8.12. The molecule has 1 aromatic rings. The highest BCUT2D eigenvalue weighted by Crippen LogP contribution is 2.57. The Kier molecular flexibility index (Phi) is 6.60. The maximum Gasteiger partial charge on any atom is 0.307 e. The monoisotopic (exact) mass is 418 g/mol. The van der Waals surface area contributed by atoms with Crippen LogP contribution in [0.5, 0.6) is 0 Å². The van der Waals surface area contributed by atoms with Crippen LogP contribution in [0.1, 0.15) is 44.1 Å². The Balaban J connectivity index is 1.85. The minimum Gasteiger partial charge on any atom is -0.481 e. The predicted octanol–water partition coefficient (Wildman–Crippen LogP) is 1.91. The van der Waals surface area contributed by atoms with Crippen molar-refractivity contribution in [3.05, 3.63) is 23.0 Å². The Morgan fingerprint density at radius 1 is 1.23 bits per heavy atom. The highest BCUT2D eigenvalue weighted by molar-refractivity contribution is 6.03. The number of hydrogen-bond acceptors (Lipinski definition) is 5. The van der Waals surface area contributed by atoms with Crippen LogP contribution in [0.3, 0.4) is 0 Å². The van der Waals surface area contributed by atoms with Crippen LogP contribution in [0.2, 0.25) is 0 Å². The number of carboxylic acid groups (broad SMARTS) is 1. The van der Waals surface area contributed by atoms with Crippen LogP contribution in [0, 0.1) is 23.7 Å². The zero-order valence-corrected chi connectivity index (χ0v) is 17.9. The second kappa shape index (κ2) is 8.99. The fourth-order valence-electron chi connectivity index (χ4n) is 5.01. The van der Waals surface area contributed by atoms with Gasteiger partial charge in [-0.3, -0.25) is 19.1 Å². The van der Waals surface area contributed by atoms with Crippen molar-refractivity contribution in [3.63, 3.8) is 0 Å². The average Bonchev–Trinajstić information content (AvgIpc) is 3.38. The van der Waals surface area contributed by atoms with E-state index in [9.17, 15) is 19.5 Å². The fraction of sp³-hybridized carbons (Fsp3) is 0.619. The van der Waals surface area contributed by atoms with E-state index in [-0.39, 0.29) is 23.4 Å². The molecular formula is C21H30N4O5. The number of aliphatic carboxylic acids is 1. The SMILES string of the molecule is CCn1cc(NC(=O)[C@H]2[C@@H](C(=O)O)[C@H]3CC[C@@H]2C3=C(C)C)c(C(=O)NCCOC)n1. The predicted molar refractivity (Wildman–Crippen MR) is 110 cm³/mol. The zero-order valence-electron chi connectivity index (χ0n) is 17.9. The molecule has 2 fully saturated rings. The summed E-state index contributed by atoms with van der Waals surface area (Å²) in [7, 11) is 1.54. The quantitative estimate of drug-likeness (QED) is 0.438. The molecular weight excluding hydrogens is 388 g/mol. The molecule has 0 spiro atoms. The highest BCUT2D eigenvalue weighted by atomic mass is 16.5. The van der Waals surface area contributed by atoms with E-state index in [4.69, 9.17) is 4.74 Å². The molecule has 0 aliphatic heterocycles. The molecule has 9 heteroatoms. The van der Waals surface area contributed by atoms with E-state index >= 15 is 0 Å². The molecule has 3 rings (SSSR count). The molecule has 2 amide bonds. The lowest BCUT2D eigenvalue weighted by molar-refractivity contribution is -0.148. The van der Waals surface area contributed by atoms with Gasteiger partial charge in [-0.25, -0.2) is 0 Å². The fourth-order valence-corrected chi connectivity index (χ4v) is 5.01. The summed E-state index contributed by atoms with van der Waals surface area (Å²) in [4.78, 5) is 37.8. The third kappa shape index (κ3) is 3.98. The molecule has 0 radical (unpaired) electrons. The van der Waals surface area contributed by atoms with Crippen molar-refractivity contribution >= 4 is 23.5 Å². The van der Waals surface area contributed by atoms with Crippen LogP contribution in [0.15, 0.2) is 17.3 Å². The van der Waals surface area contributed by atoms with Crippen molar-refractivity contribution in [2.75, 3.05) is 25.6 Å². The molecule has 0 saturated heterocycles. The van der Waals surface area contributed by atoms with Gasteiger partial charge in [-0.05, 0) is 45.4 Å². The number of nitrogens with zero attached hydrogens (tertiary/aromatic N) is 2. The van der Waals surface area contributed by atoms with Gasteiger partial charge in [0.2, 0.25) is 5.91 Å². The molecule has 4 atom stereocenters. The molecule has 30 heavy (non-hydrogen) atoms. The molecule has 0 aromatic carbocycles. The molecule has 2 bridgehead atoms. The minimum atomic E-state index is -0.942. The lowest BCUT2D eigenvalue weighted by atomic mass is 9.78. The number of fused-ring (bicyclic) bond motifs is 2. The number of methoxy groups -OCH3 is 1. The largest absolute Gasteiger partial charge is 0.481 e. The van der Waals surface area contributed by atoms with Gasteiger partial charge in [0.15, 0.2) is 5.69 Å². The Morgan fingerprint density at radius 3 is 2.47 bits per heavy atom. The standard InChI is InChI=1S/C21H30N4O5/c1-5-25-10-14(18(24-25)20(27)22-8-9-30-4)23-19(26)16-12-6-7-13(15(12)11(2)3)17(16)21(28)29/h10,12-13,16-17H,5-9H2,1-4H3,(H,22,27)(H,23,26)(H,28,29)/t12-,13+,16-,17+/m1/s1. The lowest BCUT2D eigenvalue weighted by Crippen LogP contribution is -2.38. The molecule has 1 heterocycles. The van der Waals surface area contributed by atoms with Crippen LogP contribution in [0.25, 0.3) is 0 Å². The summed E-state index contributed by atoms with van der Waals surface area (Å²) in [6.07, 6.45) is 3.21. The van der Waals surface area contributed by atoms with Crippen LogP contribution >= 0.6 is 0 Å². The van der Waals surface area contributed by atoms with Crippen LogP contribution in [-0.4, -0.2) is 52.9 Å². The average molecular weight is 418 g/mol. The first-order valence-electron chi connectivity index (χ1n) is 10.4. The van der Waals surface area contributed by atoms with Gasteiger partial charge in [0.1, 0.15) is 0 Å². The number of nitrogens with one attached hydrogen (secondary N) is 2. The highest BCUT2D eigenvalue weighted by Gasteiger charge is 2.57. The number of allylic oxidation sites excluding steroid dienone is 2. The number of carbonyl (C=O) groups excluding carboxylic acids is 2. The first-order valence-corrected chi connectivity index (χ1v) is 10.4. The number of aryl methyl sites for hydroxylation is 1. The van der Waals surface area contributed by atoms with Gasteiger partial charge < -0.3 is 20.5 Å². The van der Waals surface area contributed by atoms with Crippen molar-refractivity contribution in [2.45, 2.75) is 40.2 Å². The van der Waals surface area contributed by atoms with E-state index in [0.717, 1.165) is 24.0 Å². The normalized spacial score (nSPS) is 24.7. The molecule has 9 nitrogen and oxygen atoms in total. The number of carbonyl (C=O) groups is 3. The van der Waals surface area contributed by atoms with E-state index in [1.54, 1.807) is 18.0 Å². The van der Waals surface area contributed by atoms with Crippen LogP contribution < -0.4 is 10.6 Å². The summed E-state index contributed by atoms with van der Waals surface area (Å²) in [6.45, 7) is 7.05. The van der Waals surface area contributed by atoms with Crippen molar-refractivity contribution in [2.24, 2.45) is 23.7 Å². The van der Waals surface area contributed by atoms with Crippen molar-refractivity contribution < 1.29 is 24.2 Å². The smallest absolute Gasteiger partial charge is 0.307 e. The molecule has 164 valence electrons. The molecule has 3 N–H and O–H groups in total. The van der Waals surface area contributed by atoms with Gasteiger partial charge in [0.25, 0.3) is 5.91 Å². The first kappa shape index (κ1) is 22.0. The molecule has 0 unspecified atom stereocenters. The summed E-state index contributed by atoms with van der Waals surface area (Å²) in [6, 6.07) is 0. The summed E-state index contributed by atoms with van der Waals surface area (Å²) < 4.78 is 6.51. The summed E-state index contributed by atoms with van der Waals surface area (Å²) >= 11 is 0. The van der Waals surface area contributed by atoms with Crippen molar-refractivity contribution in [1.29, 1.82) is 0 Å². The third-order valence-corrected chi connectivity index (χ3v) is 6.16. The summed E-state index contributed by atoms with van der Waals surface area (Å²) in [5, 5.41) is 19.6. The van der Waals surface area contributed by atoms with Crippen molar-refractivity contribution in [3.8, 4) is 0 Å². The maximum atomic E-state index is 13.2. The van der Waals surface area contributed by atoms with Crippen molar-refractivity contribution in [1.82, 2.24) is 15.1 Å². The van der Waals surface area contributed by atoms with Gasteiger partial charge in [-0.15, -0.1) is 0 Å². The number of ether oxygens (including phenoxy) is 1. The topological polar surface area (TPSA) is 123 Å². The zero-order chi connectivity index (χ0) is 22.0. The minimum absolute atomic E-state index is 0.0682. The van der Waals surface area contributed by atoms with Gasteiger partial charge in [0.05, 0.1) is 24.1 Å². The van der Waals surface area contributed by atoms with Gasteiger partial charge in [0, 0.05) is 26.4 Å². The molecule has 2 aliphatic carbocycles.